The van der Waals surface area contributed by atoms with E-state index < -0.39 is 17.1 Å². The number of aromatic amines is 1. The second-order valence-corrected chi connectivity index (χ2v) is 8.63. The number of carbonyl (C=O) groups is 1. The lowest BCUT2D eigenvalue weighted by Gasteiger charge is -2.21. The van der Waals surface area contributed by atoms with Gasteiger partial charge in [0.05, 0.1) is 17.1 Å². The maximum Gasteiger partial charge on any atom is 0.425 e. The summed E-state index contributed by atoms with van der Waals surface area (Å²) in [5, 5.41) is 2.96. The summed E-state index contributed by atoms with van der Waals surface area (Å²) in [6, 6.07) is 9.78. The molecular weight excluding hydrogens is 387 g/mol. The summed E-state index contributed by atoms with van der Waals surface area (Å²) in [6.07, 6.45) is -3.67. The smallest absolute Gasteiger partial charge is 0.348 e. The number of H-pyrrole nitrogens is 1. The molecular formula is C20H20F3N3OS. The lowest BCUT2D eigenvalue weighted by molar-refractivity contribution is -0.134. The van der Waals surface area contributed by atoms with Crippen LogP contribution in [0, 0.1) is 11.8 Å². The molecule has 4 nitrogen and oxygen atoms in total. The topological polar surface area (TPSA) is 57.8 Å². The van der Waals surface area contributed by atoms with Gasteiger partial charge in [-0.25, -0.2) is 4.98 Å². The number of aromatic nitrogens is 2. The summed E-state index contributed by atoms with van der Waals surface area (Å²) >= 11 is 0.692. The standard InChI is InChI=1S/C20H20F3N3OS/c1-10(2)17(15-7-8-16(28-15)20(21,22)23)26-19(27)12-9-11(12)18-24-13-5-3-4-6-14(13)25-18/h3-8,10-12,17H,9H2,1-2H3,(H,24,25)(H,26,27)/t11-,12-,17+/m0/s1. The third-order valence-electron chi connectivity index (χ3n) is 5.06. The van der Waals surface area contributed by atoms with Crippen LogP contribution in [-0.4, -0.2) is 15.9 Å². The number of fused-ring (bicyclic) bond motifs is 1. The fourth-order valence-electron chi connectivity index (χ4n) is 3.43. The molecule has 0 spiro atoms. The Hall–Kier alpha value is -2.35. The molecule has 1 aliphatic carbocycles. The zero-order valence-electron chi connectivity index (χ0n) is 15.4. The van der Waals surface area contributed by atoms with E-state index in [0.29, 0.717) is 22.6 Å². The van der Waals surface area contributed by atoms with Crippen LogP contribution in [0.4, 0.5) is 13.2 Å². The average molecular weight is 407 g/mol. The quantitative estimate of drug-likeness (QED) is 0.606. The van der Waals surface area contributed by atoms with Crippen LogP contribution in [0.15, 0.2) is 36.4 Å². The highest BCUT2D eigenvalue weighted by atomic mass is 32.1. The van der Waals surface area contributed by atoms with Gasteiger partial charge in [0.2, 0.25) is 5.91 Å². The molecule has 1 saturated carbocycles. The predicted molar refractivity (Wildman–Crippen MR) is 102 cm³/mol. The molecule has 0 saturated heterocycles. The zero-order valence-corrected chi connectivity index (χ0v) is 16.2. The van der Waals surface area contributed by atoms with E-state index in [0.717, 1.165) is 22.9 Å². The van der Waals surface area contributed by atoms with Crippen LogP contribution in [0.2, 0.25) is 0 Å². The molecule has 1 aromatic carbocycles. The predicted octanol–water partition coefficient (Wildman–Crippen LogP) is 5.26. The minimum Gasteiger partial charge on any atom is -0.348 e. The normalized spacial score (nSPS) is 20.5. The number of amides is 1. The highest BCUT2D eigenvalue weighted by molar-refractivity contribution is 7.12. The third kappa shape index (κ3) is 3.65. The Morgan fingerprint density at radius 1 is 1.25 bits per heavy atom. The monoisotopic (exact) mass is 407 g/mol. The van der Waals surface area contributed by atoms with Crippen molar-refractivity contribution in [2.75, 3.05) is 0 Å². The van der Waals surface area contributed by atoms with Crippen molar-refractivity contribution in [2.24, 2.45) is 11.8 Å². The summed E-state index contributed by atoms with van der Waals surface area (Å²) < 4.78 is 38.7. The number of benzene rings is 1. The Labute approximate surface area is 164 Å². The number of alkyl halides is 3. The molecule has 0 unspecified atom stereocenters. The average Bonchev–Trinajstić information content (AvgIpc) is 3.08. The van der Waals surface area contributed by atoms with Gasteiger partial charge in [0.1, 0.15) is 10.7 Å². The minimum atomic E-state index is -4.36. The Morgan fingerprint density at radius 2 is 2.00 bits per heavy atom. The lowest BCUT2D eigenvalue weighted by atomic mass is 10.0. The van der Waals surface area contributed by atoms with E-state index in [9.17, 15) is 18.0 Å². The second kappa shape index (κ2) is 6.92. The third-order valence-corrected chi connectivity index (χ3v) is 6.28. The molecule has 2 aromatic heterocycles. The Balaban J connectivity index is 1.46. The van der Waals surface area contributed by atoms with Crippen molar-refractivity contribution in [1.82, 2.24) is 15.3 Å². The Morgan fingerprint density at radius 3 is 2.64 bits per heavy atom. The molecule has 0 radical (unpaired) electrons. The van der Waals surface area contributed by atoms with Gasteiger partial charge in [-0.15, -0.1) is 11.3 Å². The number of halogens is 3. The van der Waals surface area contributed by atoms with Crippen molar-refractivity contribution in [3.63, 3.8) is 0 Å². The van der Waals surface area contributed by atoms with Crippen molar-refractivity contribution in [3.8, 4) is 0 Å². The molecule has 1 fully saturated rings. The molecule has 3 aromatic rings. The molecule has 0 bridgehead atoms. The second-order valence-electron chi connectivity index (χ2n) is 7.52. The van der Waals surface area contributed by atoms with Crippen molar-refractivity contribution in [1.29, 1.82) is 0 Å². The number of para-hydroxylation sites is 2. The van der Waals surface area contributed by atoms with Crippen molar-refractivity contribution < 1.29 is 18.0 Å². The highest BCUT2D eigenvalue weighted by Crippen LogP contribution is 2.47. The molecule has 4 rings (SSSR count). The maximum atomic E-state index is 12.9. The number of nitrogens with zero attached hydrogens (tertiary/aromatic N) is 1. The van der Waals surface area contributed by atoms with Crippen LogP contribution in [0.3, 0.4) is 0 Å². The fraction of sp³-hybridized carbons (Fsp3) is 0.400. The van der Waals surface area contributed by atoms with Gasteiger partial charge in [0, 0.05) is 16.7 Å². The van der Waals surface area contributed by atoms with Gasteiger partial charge in [0.15, 0.2) is 0 Å². The van der Waals surface area contributed by atoms with E-state index in [1.165, 1.54) is 6.07 Å². The lowest BCUT2D eigenvalue weighted by Crippen LogP contribution is -2.32. The summed E-state index contributed by atoms with van der Waals surface area (Å²) in [4.78, 5) is 20.4. The number of hydrogen-bond donors (Lipinski definition) is 2. The Kier molecular flexibility index (Phi) is 4.69. The first-order valence-corrected chi connectivity index (χ1v) is 9.97. The van der Waals surface area contributed by atoms with Gasteiger partial charge in [-0.2, -0.15) is 13.2 Å². The first-order chi connectivity index (χ1) is 13.2. The number of nitrogens with one attached hydrogen (secondary N) is 2. The molecule has 3 atom stereocenters. The van der Waals surface area contributed by atoms with E-state index in [1.807, 2.05) is 38.1 Å². The molecule has 8 heteroatoms. The van der Waals surface area contributed by atoms with Crippen molar-refractivity contribution in [3.05, 3.63) is 52.0 Å². The number of carbonyl (C=O) groups excluding carboxylic acids is 1. The molecule has 2 N–H and O–H groups in total. The summed E-state index contributed by atoms with van der Waals surface area (Å²) in [5.74, 6) is 0.453. The van der Waals surface area contributed by atoms with Crippen LogP contribution in [0.5, 0.6) is 0 Å². The molecule has 148 valence electrons. The van der Waals surface area contributed by atoms with Gasteiger partial charge in [-0.1, -0.05) is 26.0 Å². The first kappa shape index (κ1) is 19.0. The van der Waals surface area contributed by atoms with E-state index in [2.05, 4.69) is 15.3 Å². The van der Waals surface area contributed by atoms with Crippen molar-refractivity contribution in [2.45, 2.75) is 38.4 Å². The summed E-state index contributed by atoms with van der Waals surface area (Å²) in [5.41, 5.74) is 1.80. The van der Waals surface area contributed by atoms with Gasteiger partial charge in [0.25, 0.3) is 0 Å². The number of rotatable bonds is 5. The number of imidazole rings is 1. The van der Waals surface area contributed by atoms with Crippen LogP contribution in [0.1, 0.15) is 47.8 Å². The van der Waals surface area contributed by atoms with Crippen LogP contribution < -0.4 is 5.32 Å². The number of hydrogen-bond acceptors (Lipinski definition) is 3. The van der Waals surface area contributed by atoms with Crippen LogP contribution in [0.25, 0.3) is 11.0 Å². The SMILES string of the molecule is CC(C)[C@@H](NC(=O)[C@H]1C[C@@H]1c1nc2ccccc2[nH]1)c1ccc(C(F)(F)F)s1. The van der Waals surface area contributed by atoms with Gasteiger partial charge in [-0.05, 0) is 36.6 Å². The maximum absolute atomic E-state index is 12.9. The summed E-state index contributed by atoms with van der Waals surface area (Å²) in [7, 11) is 0. The van der Waals surface area contributed by atoms with E-state index >= 15 is 0 Å². The zero-order chi connectivity index (χ0) is 20.1. The highest BCUT2D eigenvalue weighted by Gasteiger charge is 2.46. The Bertz CT molecular complexity index is 974. The van der Waals surface area contributed by atoms with Gasteiger partial charge >= 0.3 is 6.18 Å². The fourth-order valence-corrected chi connectivity index (χ4v) is 4.53. The first-order valence-electron chi connectivity index (χ1n) is 9.16. The largest absolute Gasteiger partial charge is 0.425 e. The van der Waals surface area contributed by atoms with E-state index in [4.69, 9.17) is 0 Å². The molecule has 2 heterocycles. The molecule has 1 aliphatic rings. The number of thiophene rings is 1. The molecule has 1 amide bonds. The van der Waals surface area contributed by atoms with Gasteiger partial charge < -0.3 is 10.3 Å². The molecule has 28 heavy (non-hydrogen) atoms. The summed E-state index contributed by atoms with van der Waals surface area (Å²) in [6.45, 7) is 3.78. The van der Waals surface area contributed by atoms with E-state index in [1.54, 1.807) is 0 Å². The molecule has 0 aliphatic heterocycles. The minimum absolute atomic E-state index is 0.0212. The van der Waals surface area contributed by atoms with Crippen molar-refractivity contribution >= 4 is 28.3 Å². The van der Waals surface area contributed by atoms with Crippen LogP contribution >= 0.6 is 11.3 Å². The van der Waals surface area contributed by atoms with Gasteiger partial charge in [-0.3, -0.25) is 4.79 Å². The van der Waals surface area contributed by atoms with E-state index in [-0.39, 0.29) is 23.7 Å². The van der Waals surface area contributed by atoms with Crippen LogP contribution in [-0.2, 0) is 11.0 Å².